The van der Waals surface area contributed by atoms with Crippen LogP contribution in [0.1, 0.15) is 101 Å². The summed E-state index contributed by atoms with van der Waals surface area (Å²) in [5.41, 5.74) is 8.41. The maximum Gasteiger partial charge on any atom is 0.0626 e. The van der Waals surface area contributed by atoms with Gasteiger partial charge >= 0.3 is 0 Å². The predicted molar refractivity (Wildman–Crippen MR) is 187 cm³/mol. The summed E-state index contributed by atoms with van der Waals surface area (Å²) in [6.07, 6.45) is 41.4. The largest absolute Gasteiger partial charge is 0.390 e. The van der Waals surface area contributed by atoms with Gasteiger partial charge < -0.3 is 5.11 Å². The molecule has 0 saturated carbocycles. The van der Waals surface area contributed by atoms with Crippen molar-refractivity contribution in [2.24, 2.45) is 0 Å². The molecule has 0 aliphatic heterocycles. The maximum atomic E-state index is 9.77. The number of hydrogen-bond donors (Lipinski definition) is 1. The minimum Gasteiger partial charge on any atom is -0.390 e. The van der Waals surface area contributed by atoms with E-state index in [9.17, 15) is 5.11 Å². The molecule has 0 aromatic rings. The monoisotopic (exact) mass is 554 g/mol. The molecule has 1 N–H and O–H groups in total. The van der Waals surface area contributed by atoms with Crippen LogP contribution in [-0.4, -0.2) is 10.7 Å². The number of aliphatic hydroxyl groups is 1. The fourth-order valence-electron chi connectivity index (χ4n) is 3.56. The Kier molecular flexibility index (Phi) is 20.8. The zero-order valence-electron chi connectivity index (χ0n) is 27.8. The van der Waals surface area contributed by atoms with Gasteiger partial charge in [-0.1, -0.05) is 142 Å². The van der Waals surface area contributed by atoms with Crippen LogP contribution >= 0.6 is 0 Å². The molecular weight excluding hydrogens is 496 g/mol. The molecular formula is C40H58O. The predicted octanol–water partition coefficient (Wildman–Crippen LogP) is 12.1. The van der Waals surface area contributed by atoms with E-state index in [4.69, 9.17) is 0 Å². The van der Waals surface area contributed by atoms with E-state index in [2.05, 4.69) is 147 Å². The Morgan fingerprint density at radius 2 is 0.927 bits per heavy atom. The van der Waals surface area contributed by atoms with Crippen molar-refractivity contribution in [3.05, 3.63) is 142 Å². The summed E-state index contributed by atoms with van der Waals surface area (Å²) in [5, 5.41) is 9.77. The highest BCUT2D eigenvalue weighted by atomic mass is 16.3. The molecule has 0 atom stereocenters. The second-order valence-corrected chi connectivity index (χ2v) is 11.9. The molecule has 0 bridgehead atoms. The van der Waals surface area contributed by atoms with Gasteiger partial charge in [-0.2, -0.15) is 0 Å². The molecule has 0 aliphatic rings. The molecule has 0 aromatic heterocycles. The Bertz CT molecular complexity index is 1130. The molecule has 0 aromatic carbocycles. The van der Waals surface area contributed by atoms with E-state index in [1.165, 1.54) is 33.4 Å². The second-order valence-electron chi connectivity index (χ2n) is 11.9. The summed E-state index contributed by atoms with van der Waals surface area (Å²) in [7, 11) is 0. The van der Waals surface area contributed by atoms with Gasteiger partial charge in [0.2, 0.25) is 0 Å². The smallest absolute Gasteiger partial charge is 0.0626 e. The molecule has 0 aliphatic carbocycles. The number of allylic oxidation sites excluding steroid dienone is 23. The highest BCUT2D eigenvalue weighted by molar-refractivity contribution is 5.32. The van der Waals surface area contributed by atoms with E-state index < -0.39 is 5.60 Å². The minimum absolute atomic E-state index is 0.647. The van der Waals surface area contributed by atoms with Crippen LogP contribution in [0.2, 0.25) is 0 Å². The van der Waals surface area contributed by atoms with E-state index in [0.29, 0.717) is 6.42 Å². The third-order valence-corrected chi connectivity index (χ3v) is 6.13. The lowest BCUT2D eigenvalue weighted by molar-refractivity contribution is 0.0839. The third-order valence-electron chi connectivity index (χ3n) is 6.13. The number of rotatable bonds is 17. The molecule has 224 valence electrons. The van der Waals surface area contributed by atoms with E-state index in [0.717, 1.165) is 31.3 Å². The molecule has 0 fully saturated rings. The molecule has 1 heteroatoms. The van der Waals surface area contributed by atoms with Gasteiger partial charge in [0.1, 0.15) is 0 Å². The fraction of sp³-hybridized carbons (Fsp3) is 0.400. The normalized spacial score (nSPS) is 15.6. The molecule has 0 amide bonds. The summed E-state index contributed by atoms with van der Waals surface area (Å²) in [6.45, 7) is 20.8. The van der Waals surface area contributed by atoms with Gasteiger partial charge in [0.15, 0.2) is 0 Å². The molecule has 0 unspecified atom stereocenters. The lowest BCUT2D eigenvalue weighted by Crippen LogP contribution is -2.16. The Morgan fingerprint density at radius 1 is 0.512 bits per heavy atom. The summed E-state index contributed by atoms with van der Waals surface area (Å²) in [4.78, 5) is 0. The highest BCUT2D eigenvalue weighted by Crippen LogP contribution is 2.12. The summed E-state index contributed by atoms with van der Waals surface area (Å²) in [6, 6.07) is 0. The zero-order valence-corrected chi connectivity index (χ0v) is 27.8. The van der Waals surface area contributed by atoms with E-state index >= 15 is 0 Å². The quantitative estimate of drug-likeness (QED) is 0.140. The Morgan fingerprint density at radius 3 is 1.41 bits per heavy atom. The standard InChI is InChI=1S/C40H58O/c1-33(2)19-13-22-36(5)25-16-28-37(6)26-14-23-34(3)20-11-12-21-35(4)24-15-27-38(7)29-17-30-39(8)31-18-32-40(9,10)41/h11-12,14-15,17-21,23-27,29-31,41H,13,16,22,28,32H2,1-10H3. The van der Waals surface area contributed by atoms with Crippen LogP contribution in [-0.2, 0) is 0 Å². The van der Waals surface area contributed by atoms with Crippen molar-refractivity contribution in [2.75, 3.05) is 0 Å². The topological polar surface area (TPSA) is 20.2 Å². The summed E-state index contributed by atoms with van der Waals surface area (Å²) in [5.74, 6) is 0. The van der Waals surface area contributed by atoms with Gasteiger partial charge in [0, 0.05) is 0 Å². The van der Waals surface area contributed by atoms with Gasteiger partial charge in [0.25, 0.3) is 0 Å². The molecule has 0 spiro atoms. The van der Waals surface area contributed by atoms with Gasteiger partial charge in [-0.3, -0.25) is 0 Å². The van der Waals surface area contributed by atoms with Gasteiger partial charge in [-0.15, -0.1) is 0 Å². The van der Waals surface area contributed by atoms with Crippen molar-refractivity contribution in [1.29, 1.82) is 0 Å². The van der Waals surface area contributed by atoms with Gasteiger partial charge in [0.05, 0.1) is 5.60 Å². The first-order valence-corrected chi connectivity index (χ1v) is 15.0. The first-order chi connectivity index (χ1) is 19.3. The molecule has 0 radical (unpaired) electrons. The van der Waals surface area contributed by atoms with Crippen molar-refractivity contribution in [1.82, 2.24) is 0 Å². The average molecular weight is 555 g/mol. The minimum atomic E-state index is -0.660. The van der Waals surface area contributed by atoms with Crippen LogP contribution in [0.4, 0.5) is 0 Å². The van der Waals surface area contributed by atoms with Crippen LogP contribution in [0.3, 0.4) is 0 Å². The first-order valence-electron chi connectivity index (χ1n) is 15.0. The zero-order chi connectivity index (χ0) is 31.1. The molecule has 1 nitrogen and oxygen atoms in total. The van der Waals surface area contributed by atoms with Crippen molar-refractivity contribution >= 4 is 0 Å². The van der Waals surface area contributed by atoms with E-state index in [-0.39, 0.29) is 0 Å². The van der Waals surface area contributed by atoms with E-state index in [1.807, 2.05) is 26.0 Å². The second kappa shape index (κ2) is 22.5. The van der Waals surface area contributed by atoms with Gasteiger partial charge in [-0.05, 0) is 101 Å². The van der Waals surface area contributed by atoms with Gasteiger partial charge in [-0.25, -0.2) is 0 Å². The van der Waals surface area contributed by atoms with Crippen LogP contribution in [0, 0.1) is 0 Å². The Balaban J connectivity index is 4.65. The van der Waals surface area contributed by atoms with Crippen LogP contribution < -0.4 is 0 Å². The van der Waals surface area contributed by atoms with Crippen LogP contribution in [0.25, 0.3) is 0 Å². The molecule has 0 rings (SSSR count). The molecule has 41 heavy (non-hydrogen) atoms. The Labute approximate surface area is 253 Å². The average Bonchev–Trinajstić information content (AvgIpc) is 2.85. The first kappa shape index (κ1) is 37.8. The summed E-state index contributed by atoms with van der Waals surface area (Å²) >= 11 is 0. The highest BCUT2D eigenvalue weighted by Gasteiger charge is 2.08. The molecule has 0 heterocycles. The van der Waals surface area contributed by atoms with Crippen LogP contribution in [0.5, 0.6) is 0 Å². The lowest BCUT2D eigenvalue weighted by Gasteiger charge is -2.13. The number of hydrogen-bond acceptors (Lipinski definition) is 1. The summed E-state index contributed by atoms with van der Waals surface area (Å²) < 4.78 is 0. The van der Waals surface area contributed by atoms with Crippen molar-refractivity contribution in [3.63, 3.8) is 0 Å². The lowest BCUT2D eigenvalue weighted by atomic mass is 10.0. The van der Waals surface area contributed by atoms with Crippen molar-refractivity contribution in [3.8, 4) is 0 Å². The fourth-order valence-corrected chi connectivity index (χ4v) is 3.56. The third kappa shape index (κ3) is 26.8. The maximum absolute atomic E-state index is 9.77. The van der Waals surface area contributed by atoms with Crippen LogP contribution in [0.15, 0.2) is 142 Å². The Hall–Kier alpha value is -3.16. The molecule has 0 saturated heterocycles. The SMILES string of the molecule is CC(C)=CCCC(C)=CCCC(C)=CC=CC(C)=CC=CC=C(C)C=CC=C(C)C=CC=C(C)C=CCC(C)(C)O. The van der Waals surface area contributed by atoms with Crippen molar-refractivity contribution in [2.45, 2.75) is 107 Å². The van der Waals surface area contributed by atoms with Crippen molar-refractivity contribution < 1.29 is 5.11 Å². The van der Waals surface area contributed by atoms with E-state index in [1.54, 1.807) is 0 Å².